The Kier molecular flexibility index (Phi) is 8.75. The number of hydrogen-bond donors (Lipinski definition) is 1. The molecule has 32 heavy (non-hydrogen) atoms. The Balaban J connectivity index is 1.69. The van der Waals surface area contributed by atoms with Gasteiger partial charge < -0.3 is 19.5 Å². The predicted octanol–water partition coefficient (Wildman–Crippen LogP) is 5.07. The number of hydrogen-bond acceptors (Lipinski definition) is 5. The summed E-state index contributed by atoms with van der Waals surface area (Å²) in [6.45, 7) is 3.94. The summed E-state index contributed by atoms with van der Waals surface area (Å²) in [5, 5.41) is 4.47. The fourth-order valence-electron chi connectivity index (χ4n) is 3.10. The average molecular weight is 495 g/mol. The smallest absolute Gasteiger partial charge is 0.276 e. The van der Waals surface area contributed by atoms with Crippen molar-refractivity contribution in [1.29, 1.82) is 0 Å². The average Bonchev–Trinajstić information content (AvgIpc) is 3.03. The van der Waals surface area contributed by atoms with Crippen LogP contribution in [0.25, 0.3) is 6.08 Å². The van der Waals surface area contributed by atoms with Gasteiger partial charge in [0.15, 0.2) is 16.6 Å². The largest absolute Gasteiger partial charge is 0.493 e. The van der Waals surface area contributed by atoms with Crippen molar-refractivity contribution in [3.63, 3.8) is 0 Å². The molecule has 0 aromatic heterocycles. The first-order valence-electron chi connectivity index (χ1n) is 10.1. The van der Waals surface area contributed by atoms with Gasteiger partial charge >= 0.3 is 0 Å². The molecule has 1 fully saturated rings. The summed E-state index contributed by atoms with van der Waals surface area (Å²) in [6, 6.07) is 10.7. The van der Waals surface area contributed by atoms with Crippen LogP contribution in [-0.2, 0) is 16.1 Å². The summed E-state index contributed by atoms with van der Waals surface area (Å²) >= 11 is 17.5. The van der Waals surface area contributed by atoms with Crippen LogP contribution in [0.3, 0.4) is 0 Å². The van der Waals surface area contributed by atoms with Crippen LogP contribution < -0.4 is 14.8 Å². The van der Waals surface area contributed by atoms with Gasteiger partial charge in [-0.15, -0.1) is 0 Å². The Bertz CT molecular complexity index is 1030. The highest BCUT2D eigenvalue weighted by atomic mass is 35.5. The van der Waals surface area contributed by atoms with E-state index in [1.165, 1.54) is 0 Å². The molecule has 0 atom stereocenters. The first-order valence-corrected chi connectivity index (χ1v) is 11.3. The maximum atomic E-state index is 12.7. The van der Waals surface area contributed by atoms with Crippen molar-refractivity contribution >= 4 is 52.5 Å². The summed E-state index contributed by atoms with van der Waals surface area (Å²) in [5.74, 6) is 0.925. The quantitative estimate of drug-likeness (QED) is 0.282. The number of amides is 1. The molecular formula is C23H24Cl2N2O4S. The highest BCUT2D eigenvalue weighted by molar-refractivity contribution is 7.80. The van der Waals surface area contributed by atoms with Gasteiger partial charge in [0.1, 0.15) is 12.3 Å². The van der Waals surface area contributed by atoms with Crippen molar-refractivity contribution in [3.8, 4) is 11.5 Å². The van der Waals surface area contributed by atoms with Crippen molar-refractivity contribution in [3.05, 3.63) is 63.3 Å². The summed E-state index contributed by atoms with van der Waals surface area (Å²) in [5.41, 5.74) is 1.99. The van der Waals surface area contributed by atoms with Gasteiger partial charge in [-0.2, -0.15) is 0 Å². The fourth-order valence-corrected chi connectivity index (χ4v) is 3.85. The number of ether oxygens (including phenoxy) is 3. The molecule has 1 N–H and O–H groups in total. The van der Waals surface area contributed by atoms with Gasteiger partial charge in [-0.3, -0.25) is 9.69 Å². The third-order valence-electron chi connectivity index (χ3n) is 4.73. The number of nitrogens with one attached hydrogen (secondary N) is 1. The van der Waals surface area contributed by atoms with E-state index >= 15 is 0 Å². The number of methoxy groups -OCH3 is 1. The molecule has 6 nitrogen and oxygen atoms in total. The van der Waals surface area contributed by atoms with Crippen molar-refractivity contribution in [2.45, 2.75) is 20.0 Å². The molecule has 9 heteroatoms. The van der Waals surface area contributed by atoms with Gasteiger partial charge in [0.25, 0.3) is 5.91 Å². The van der Waals surface area contributed by atoms with E-state index in [0.717, 1.165) is 11.1 Å². The van der Waals surface area contributed by atoms with Gasteiger partial charge in [0.2, 0.25) is 0 Å². The molecule has 1 aliphatic rings. The second-order valence-corrected chi connectivity index (χ2v) is 8.16. The summed E-state index contributed by atoms with van der Waals surface area (Å²) in [7, 11) is 1.56. The third-order valence-corrected chi connectivity index (χ3v) is 5.64. The Hall–Kier alpha value is -2.32. The minimum atomic E-state index is -0.164. The maximum Gasteiger partial charge on any atom is 0.276 e. The van der Waals surface area contributed by atoms with Crippen molar-refractivity contribution in [1.82, 2.24) is 10.2 Å². The van der Waals surface area contributed by atoms with Gasteiger partial charge in [-0.25, -0.2) is 0 Å². The van der Waals surface area contributed by atoms with E-state index in [1.54, 1.807) is 42.4 Å². The molecule has 170 valence electrons. The molecule has 0 spiro atoms. The van der Waals surface area contributed by atoms with Crippen LogP contribution in [0.5, 0.6) is 11.5 Å². The Morgan fingerprint density at radius 3 is 2.69 bits per heavy atom. The summed E-state index contributed by atoms with van der Waals surface area (Å²) in [4.78, 5) is 14.3. The Labute approximate surface area is 203 Å². The van der Waals surface area contributed by atoms with E-state index in [0.29, 0.717) is 58.5 Å². The molecule has 1 aliphatic heterocycles. The zero-order valence-corrected chi connectivity index (χ0v) is 20.1. The lowest BCUT2D eigenvalue weighted by molar-refractivity contribution is -0.122. The predicted molar refractivity (Wildman–Crippen MR) is 130 cm³/mol. The molecule has 2 aromatic rings. The SMILES string of the molecule is CCOCCCN1C(=O)/C(=C\c2ccc(OCc3ccc(Cl)cc3Cl)c(OC)c2)NC1=S. The normalized spacial score (nSPS) is 14.8. The lowest BCUT2D eigenvalue weighted by atomic mass is 10.1. The Morgan fingerprint density at radius 2 is 1.97 bits per heavy atom. The molecule has 0 bridgehead atoms. The molecule has 3 rings (SSSR count). The summed E-state index contributed by atoms with van der Waals surface area (Å²) in [6.07, 6.45) is 2.45. The van der Waals surface area contributed by atoms with Gasteiger partial charge in [-0.05, 0) is 61.5 Å². The zero-order chi connectivity index (χ0) is 23.1. The molecule has 0 saturated carbocycles. The van der Waals surface area contributed by atoms with E-state index in [4.69, 9.17) is 49.6 Å². The fraction of sp³-hybridized carbons (Fsp3) is 0.304. The van der Waals surface area contributed by atoms with Crippen molar-refractivity contribution in [2.24, 2.45) is 0 Å². The van der Waals surface area contributed by atoms with Crippen LogP contribution in [-0.4, -0.2) is 42.8 Å². The van der Waals surface area contributed by atoms with Gasteiger partial charge in [0.05, 0.1) is 7.11 Å². The minimum absolute atomic E-state index is 0.164. The highest BCUT2D eigenvalue weighted by Gasteiger charge is 2.30. The van der Waals surface area contributed by atoms with Crippen LogP contribution in [0, 0.1) is 0 Å². The first-order chi connectivity index (χ1) is 15.4. The van der Waals surface area contributed by atoms with Crippen LogP contribution >= 0.6 is 35.4 Å². The van der Waals surface area contributed by atoms with E-state index < -0.39 is 0 Å². The van der Waals surface area contributed by atoms with E-state index in [9.17, 15) is 4.79 Å². The number of nitrogens with zero attached hydrogens (tertiary/aromatic N) is 1. The number of halogens is 2. The number of rotatable bonds is 10. The molecular weight excluding hydrogens is 471 g/mol. The number of benzene rings is 2. The van der Waals surface area contributed by atoms with Crippen LogP contribution in [0.1, 0.15) is 24.5 Å². The van der Waals surface area contributed by atoms with Gasteiger partial charge in [0, 0.05) is 35.4 Å². The van der Waals surface area contributed by atoms with Crippen LogP contribution in [0.4, 0.5) is 0 Å². The lowest BCUT2D eigenvalue weighted by Gasteiger charge is -2.13. The van der Waals surface area contributed by atoms with Gasteiger partial charge in [-0.1, -0.05) is 35.3 Å². The molecule has 0 unspecified atom stereocenters. The standard InChI is InChI=1S/C23H24Cl2N2O4S/c1-3-30-10-4-9-27-22(28)19(26-23(27)32)11-15-5-8-20(21(12-15)29-2)31-14-16-6-7-17(24)13-18(16)25/h5-8,11-13H,3-4,9-10,14H2,1-2H3,(H,26,32)/b19-11+. The van der Waals surface area contributed by atoms with E-state index in [-0.39, 0.29) is 12.5 Å². The minimum Gasteiger partial charge on any atom is -0.493 e. The van der Waals surface area contributed by atoms with E-state index in [1.807, 2.05) is 19.1 Å². The topological polar surface area (TPSA) is 60.0 Å². The molecule has 0 aliphatic carbocycles. The molecule has 2 aromatic carbocycles. The van der Waals surface area contributed by atoms with Crippen molar-refractivity contribution in [2.75, 3.05) is 26.9 Å². The van der Waals surface area contributed by atoms with Crippen molar-refractivity contribution < 1.29 is 19.0 Å². The summed E-state index contributed by atoms with van der Waals surface area (Å²) < 4.78 is 16.7. The zero-order valence-electron chi connectivity index (χ0n) is 17.8. The van der Waals surface area contributed by atoms with E-state index in [2.05, 4.69) is 5.32 Å². The second-order valence-electron chi connectivity index (χ2n) is 6.93. The number of thiocarbonyl (C=S) groups is 1. The number of carbonyl (C=O) groups is 1. The number of carbonyl (C=O) groups excluding carboxylic acids is 1. The van der Waals surface area contributed by atoms with Crippen LogP contribution in [0.2, 0.25) is 10.0 Å². The maximum absolute atomic E-state index is 12.7. The highest BCUT2D eigenvalue weighted by Crippen LogP contribution is 2.31. The molecule has 1 heterocycles. The third kappa shape index (κ3) is 6.13. The van der Waals surface area contributed by atoms with Crippen LogP contribution in [0.15, 0.2) is 42.1 Å². The molecule has 0 radical (unpaired) electrons. The first kappa shape index (κ1) is 24.3. The monoisotopic (exact) mass is 494 g/mol. The second kappa shape index (κ2) is 11.5. The molecule has 1 amide bonds. The molecule has 1 saturated heterocycles. The Morgan fingerprint density at radius 1 is 1.16 bits per heavy atom. The lowest BCUT2D eigenvalue weighted by Crippen LogP contribution is -2.32.